The van der Waals surface area contributed by atoms with Gasteiger partial charge in [0.05, 0.1) is 6.17 Å². The Morgan fingerprint density at radius 2 is 2.00 bits per heavy atom. The van der Waals surface area contributed by atoms with E-state index in [4.69, 9.17) is 16.2 Å². The van der Waals surface area contributed by atoms with Crippen molar-refractivity contribution in [2.24, 2.45) is 11.5 Å². The molecule has 17 heavy (non-hydrogen) atoms. The molecule has 1 unspecified atom stereocenters. The molecular weight excluding hydrogens is 218 g/mol. The van der Waals surface area contributed by atoms with Crippen molar-refractivity contribution in [3.8, 4) is 0 Å². The van der Waals surface area contributed by atoms with Crippen molar-refractivity contribution in [1.82, 2.24) is 4.90 Å². The van der Waals surface area contributed by atoms with E-state index in [9.17, 15) is 4.79 Å². The average molecular weight is 245 g/mol. The van der Waals surface area contributed by atoms with E-state index in [1.54, 1.807) is 0 Å². The summed E-state index contributed by atoms with van der Waals surface area (Å²) >= 11 is 0. The second-order valence-corrected chi connectivity index (χ2v) is 5.17. The number of ether oxygens (including phenoxy) is 1. The Morgan fingerprint density at radius 1 is 1.41 bits per heavy atom. The molecule has 5 nitrogen and oxygen atoms in total. The number of nitrogens with two attached hydrogens (primary N) is 2. The summed E-state index contributed by atoms with van der Waals surface area (Å²) in [7, 11) is 0. The van der Waals surface area contributed by atoms with Gasteiger partial charge in [0.2, 0.25) is 0 Å². The summed E-state index contributed by atoms with van der Waals surface area (Å²) in [5.41, 5.74) is 11.0. The molecule has 0 fully saturated rings. The van der Waals surface area contributed by atoms with Crippen molar-refractivity contribution in [3.05, 3.63) is 0 Å². The monoisotopic (exact) mass is 245 g/mol. The van der Waals surface area contributed by atoms with Gasteiger partial charge in [0.25, 0.3) is 0 Å². The maximum atomic E-state index is 11.9. The average Bonchev–Trinajstić information content (AvgIpc) is 2.19. The molecule has 0 rings (SSSR count). The van der Waals surface area contributed by atoms with Crippen LogP contribution in [0.15, 0.2) is 0 Å². The second-order valence-electron chi connectivity index (χ2n) is 5.17. The summed E-state index contributed by atoms with van der Waals surface area (Å²) in [6.07, 6.45) is 2.12. The summed E-state index contributed by atoms with van der Waals surface area (Å²) in [6, 6.07) is 0. The minimum Gasteiger partial charge on any atom is -0.444 e. The summed E-state index contributed by atoms with van der Waals surface area (Å²) in [5, 5.41) is 0. The van der Waals surface area contributed by atoms with Crippen molar-refractivity contribution in [2.75, 3.05) is 13.1 Å². The minimum atomic E-state index is -0.506. The Kier molecular flexibility index (Phi) is 7.15. The van der Waals surface area contributed by atoms with Crippen LogP contribution in [0.4, 0.5) is 4.79 Å². The van der Waals surface area contributed by atoms with Crippen molar-refractivity contribution < 1.29 is 9.53 Å². The first kappa shape index (κ1) is 16.2. The van der Waals surface area contributed by atoms with Crippen LogP contribution in [0.2, 0.25) is 0 Å². The van der Waals surface area contributed by atoms with Gasteiger partial charge in [0, 0.05) is 13.1 Å². The Labute approximate surface area is 104 Å². The topological polar surface area (TPSA) is 81.6 Å². The highest BCUT2D eigenvalue weighted by atomic mass is 16.6. The van der Waals surface area contributed by atoms with Gasteiger partial charge in [0.1, 0.15) is 5.60 Å². The predicted molar refractivity (Wildman–Crippen MR) is 69.5 cm³/mol. The molecule has 4 N–H and O–H groups in total. The molecule has 0 saturated heterocycles. The molecule has 0 aromatic rings. The smallest absolute Gasteiger partial charge is 0.411 e. The molecule has 0 radical (unpaired) electrons. The lowest BCUT2D eigenvalue weighted by atomic mass is 10.2. The number of unbranched alkanes of at least 4 members (excludes halogenated alkanes) is 1. The SMILES string of the molecule is CCCCC(N)N(CCN)C(=O)OC(C)(C)C. The van der Waals surface area contributed by atoms with Crippen molar-refractivity contribution >= 4 is 6.09 Å². The fraction of sp³-hybridized carbons (Fsp3) is 0.917. The normalized spacial score (nSPS) is 13.3. The first-order valence-corrected chi connectivity index (χ1v) is 6.27. The Bertz CT molecular complexity index is 226. The zero-order valence-electron chi connectivity index (χ0n) is 11.5. The van der Waals surface area contributed by atoms with Crippen molar-refractivity contribution in [1.29, 1.82) is 0 Å². The quantitative estimate of drug-likeness (QED) is 0.697. The molecule has 0 aliphatic carbocycles. The Balaban J connectivity index is 4.44. The fourth-order valence-electron chi connectivity index (χ4n) is 1.42. The number of carbonyl (C=O) groups is 1. The molecule has 0 heterocycles. The molecule has 0 saturated carbocycles. The largest absolute Gasteiger partial charge is 0.444 e. The van der Waals surface area contributed by atoms with Gasteiger partial charge >= 0.3 is 6.09 Å². The molecule has 0 bridgehead atoms. The summed E-state index contributed by atoms with van der Waals surface area (Å²) in [6.45, 7) is 8.42. The second kappa shape index (κ2) is 7.50. The third-order valence-electron chi connectivity index (χ3n) is 2.25. The first-order valence-electron chi connectivity index (χ1n) is 6.27. The van der Waals surface area contributed by atoms with Crippen LogP contribution >= 0.6 is 0 Å². The molecule has 1 amide bonds. The number of rotatable bonds is 6. The number of hydrogen-bond acceptors (Lipinski definition) is 4. The lowest BCUT2D eigenvalue weighted by Crippen LogP contribution is -2.49. The number of carbonyl (C=O) groups excluding carboxylic acids is 1. The highest BCUT2D eigenvalue weighted by Crippen LogP contribution is 2.12. The minimum absolute atomic E-state index is 0.312. The lowest BCUT2D eigenvalue weighted by Gasteiger charge is -2.31. The Hall–Kier alpha value is -0.810. The third-order valence-corrected chi connectivity index (χ3v) is 2.25. The van der Waals surface area contributed by atoms with Crippen molar-refractivity contribution in [3.63, 3.8) is 0 Å². The summed E-state index contributed by atoms with van der Waals surface area (Å²) in [4.78, 5) is 13.4. The summed E-state index contributed by atoms with van der Waals surface area (Å²) < 4.78 is 5.30. The number of nitrogens with zero attached hydrogens (tertiary/aromatic N) is 1. The predicted octanol–water partition coefficient (Wildman–Crippen LogP) is 1.66. The zero-order valence-corrected chi connectivity index (χ0v) is 11.5. The molecule has 0 aromatic carbocycles. The number of amides is 1. The zero-order chi connectivity index (χ0) is 13.5. The van der Waals surface area contributed by atoms with E-state index in [0.717, 1.165) is 19.3 Å². The van der Waals surface area contributed by atoms with Gasteiger partial charge < -0.3 is 16.2 Å². The van der Waals surface area contributed by atoms with Crippen LogP contribution in [-0.4, -0.2) is 35.8 Å². The van der Waals surface area contributed by atoms with Gasteiger partial charge in [-0.25, -0.2) is 4.79 Å². The van der Waals surface area contributed by atoms with E-state index in [0.29, 0.717) is 13.1 Å². The lowest BCUT2D eigenvalue weighted by molar-refractivity contribution is 0.0162. The standard InChI is InChI=1S/C12H27N3O2/c1-5-6-7-10(14)15(9-8-13)11(16)17-12(2,3)4/h10H,5-9,13-14H2,1-4H3. The van der Waals surface area contributed by atoms with Crippen LogP contribution in [0.25, 0.3) is 0 Å². The third kappa shape index (κ3) is 7.18. The first-order chi connectivity index (χ1) is 7.81. The van der Waals surface area contributed by atoms with E-state index in [-0.39, 0.29) is 12.3 Å². The number of hydrogen-bond donors (Lipinski definition) is 2. The maximum absolute atomic E-state index is 11.9. The van der Waals surface area contributed by atoms with Crippen LogP contribution in [0.3, 0.4) is 0 Å². The molecule has 1 atom stereocenters. The van der Waals surface area contributed by atoms with Crippen LogP contribution in [0.1, 0.15) is 47.0 Å². The van der Waals surface area contributed by atoms with Crippen LogP contribution in [0.5, 0.6) is 0 Å². The van der Waals surface area contributed by atoms with Crippen molar-refractivity contribution in [2.45, 2.75) is 58.7 Å². The van der Waals surface area contributed by atoms with Crippen LogP contribution < -0.4 is 11.5 Å². The van der Waals surface area contributed by atoms with Gasteiger partial charge in [-0.15, -0.1) is 0 Å². The molecular formula is C12H27N3O2. The molecule has 0 spiro atoms. The highest BCUT2D eigenvalue weighted by molar-refractivity contribution is 5.68. The van der Waals surface area contributed by atoms with Gasteiger partial charge in [-0.1, -0.05) is 19.8 Å². The van der Waals surface area contributed by atoms with Gasteiger partial charge in [-0.3, -0.25) is 4.90 Å². The fourth-order valence-corrected chi connectivity index (χ4v) is 1.42. The van der Waals surface area contributed by atoms with Gasteiger partial charge in [-0.05, 0) is 27.2 Å². The van der Waals surface area contributed by atoms with E-state index < -0.39 is 5.60 Å². The molecule has 0 aliphatic rings. The molecule has 5 heteroatoms. The van der Waals surface area contributed by atoms with Gasteiger partial charge in [0.15, 0.2) is 0 Å². The van der Waals surface area contributed by atoms with Crippen LogP contribution in [0, 0.1) is 0 Å². The summed E-state index contributed by atoms with van der Waals surface area (Å²) in [5.74, 6) is 0. The van der Waals surface area contributed by atoms with Gasteiger partial charge in [-0.2, -0.15) is 0 Å². The molecule has 102 valence electrons. The van der Waals surface area contributed by atoms with E-state index in [1.807, 2.05) is 20.8 Å². The van der Waals surface area contributed by atoms with E-state index in [2.05, 4.69) is 6.92 Å². The highest BCUT2D eigenvalue weighted by Gasteiger charge is 2.25. The maximum Gasteiger partial charge on any atom is 0.411 e. The van der Waals surface area contributed by atoms with E-state index in [1.165, 1.54) is 4.90 Å². The van der Waals surface area contributed by atoms with Crippen LogP contribution in [-0.2, 0) is 4.74 Å². The molecule has 0 aliphatic heterocycles. The molecule has 0 aromatic heterocycles. The Morgan fingerprint density at radius 3 is 2.41 bits per heavy atom. The van der Waals surface area contributed by atoms with E-state index >= 15 is 0 Å².